The molecule has 0 N–H and O–H groups in total. The Morgan fingerprint density at radius 1 is 1.04 bits per heavy atom. The first-order chi connectivity index (χ1) is 12.8. The molecule has 1 aliphatic carbocycles. The van der Waals surface area contributed by atoms with E-state index in [1.165, 1.54) is 65.9 Å². The Hall–Kier alpha value is -0.830. The van der Waals surface area contributed by atoms with Gasteiger partial charge in [0.15, 0.2) is 16.0 Å². The van der Waals surface area contributed by atoms with Gasteiger partial charge in [-0.25, -0.2) is 9.38 Å². The Labute approximate surface area is 166 Å². The van der Waals surface area contributed by atoms with Crippen molar-refractivity contribution in [2.24, 2.45) is 0 Å². The topological polar surface area (TPSA) is 46.3 Å². The first-order valence-corrected chi connectivity index (χ1v) is 12.5. The number of thiophene rings is 1. The Balaban J connectivity index is 1.51. The number of thioether (sulfide) groups is 2. The maximum atomic E-state index is 5.05. The van der Waals surface area contributed by atoms with Crippen molar-refractivity contribution < 1.29 is 0 Å². The lowest BCUT2D eigenvalue weighted by Gasteiger charge is -2.13. The van der Waals surface area contributed by atoms with Crippen LogP contribution in [0, 0.1) is 0 Å². The van der Waals surface area contributed by atoms with Gasteiger partial charge in [0, 0.05) is 17.2 Å². The molecule has 0 amide bonds. The second-order valence-electron chi connectivity index (χ2n) is 7.03. The van der Waals surface area contributed by atoms with Crippen LogP contribution >= 0.6 is 34.9 Å². The summed E-state index contributed by atoms with van der Waals surface area (Å²) in [7, 11) is 0. The van der Waals surface area contributed by atoms with Crippen molar-refractivity contribution in [2.75, 3.05) is 31.6 Å². The molecule has 0 aromatic carbocycles. The summed E-state index contributed by atoms with van der Waals surface area (Å²) in [5, 5.41) is 11.1. The molecule has 26 heavy (non-hydrogen) atoms. The fraction of sp³-hybridized carbons (Fsp3) is 0.611. The molecule has 1 fully saturated rings. The second-order valence-corrected chi connectivity index (χ2v) is 9.97. The zero-order chi connectivity index (χ0) is 17.5. The molecule has 1 saturated heterocycles. The molecular weight excluding hydrogens is 382 g/mol. The van der Waals surface area contributed by atoms with Crippen molar-refractivity contribution in [3.63, 3.8) is 0 Å². The van der Waals surface area contributed by atoms with Crippen molar-refractivity contribution in [1.82, 2.24) is 24.5 Å². The molecule has 4 heterocycles. The summed E-state index contributed by atoms with van der Waals surface area (Å²) in [6.07, 6.45) is 9.74. The minimum Gasteiger partial charge on any atom is -0.303 e. The molecule has 3 aromatic rings. The number of hydrogen-bond donors (Lipinski definition) is 0. The van der Waals surface area contributed by atoms with Gasteiger partial charge in [-0.1, -0.05) is 23.5 Å². The van der Waals surface area contributed by atoms with Crippen LogP contribution in [0.1, 0.15) is 36.1 Å². The molecule has 2 aliphatic rings. The molecule has 0 unspecified atom stereocenters. The van der Waals surface area contributed by atoms with Crippen molar-refractivity contribution >= 4 is 50.7 Å². The molecule has 0 radical (unpaired) electrons. The Morgan fingerprint density at radius 2 is 1.88 bits per heavy atom. The van der Waals surface area contributed by atoms with Crippen molar-refractivity contribution in [2.45, 2.75) is 48.8 Å². The van der Waals surface area contributed by atoms with E-state index >= 15 is 0 Å². The lowest BCUT2D eigenvalue weighted by Crippen LogP contribution is -2.21. The Morgan fingerprint density at radius 3 is 2.73 bits per heavy atom. The molecule has 5 nitrogen and oxygen atoms in total. The first kappa shape index (κ1) is 17.3. The average Bonchev–Trinajstić information content (AvgIpc) is 3.39. The van der Waals surface area contributed by atoms with E-state index in [0.29, 0.717) is 0 Å². The van der Waals surface area contributed by atoms with Crippen molar-refractivity contribution in [3.05, 3.63) is 10.4 Å². The van der Waals surface area contributed by atoms with Gasteiger partial charge in [-0.3, -0.25) is 0 Å². The average molecular weight is 406 g/mol. The number of fused-ring (bicyclic) bond motifs is 5. The van der Waals surface area contributed by atoms with Gasteiger partial charge >= 0.3 is 0 Å². The van der Waals surface area contributed by atoms with Crippen molar-refractivity contribution in [3.8, 4) is 0 Å². The van der Waals surface area contributed by atoms with Gasteiger partial charge in [0.05, 0.1) is 10.2 Å². The van der Waals surface area contributed by atoms with Gasteiger partial charge in [-0.15, -0.1) is 21.5 Å². The quantitative estimate of drug-likeness (QED) is 0.470. The molecule has 3 aromatic heterocycles. The van der Waals surface area contributed by atoms with Crippen LogP contribution in [0.25, 0.3) is 15.9 Å². The fourth-order valence-electron chi connectivity index (χ4n) is 4.06. The van der Waals surface area contributed by atoms with Crippen LogP contribution in [0.3, 0.4) is 0 Å². The summed E-state index contributed by atoms with van der Waals surface area (Å²) in [5.41, 5.74) is 3.66. The third-order valence-corrected chi connectivity index (χ3v) is 8.22. The maximum Gasteiger partial charge on any atom is 0.197 e. The van der Waals surface area contributed by atoms with Gasteiger partial charge in [0.2, 0.25) is 0 Å². The summed E-state index contributed by atoms with van der Waals surface area (Å²) in [6.45, 7) is 3.64. The molecule has 0 bridgehead atoms. The summed E-state index contributed by atoms with van der Waals surface area (Å²) in [4.78, 5) is 9.12. The lowest BCUT2D eigenvalue weighted by molar-refractivity contribution is 0.362. The van der Waals surface area contributed by atoms with Crippen LogP contribution in [0.15, 0.2) is 10.3 Å². The largest absolute Gasteiger partial charge is 0.303 e. The van der Waals surface area contributed by atoms with E-state index in [0.717, 1.165) is 34.7 Å². The summed E-state index contributed by atoms with van der Waals surface area (Å²) < 4.78 is 3.41. The van der Waals surface area contributed by atoms with Gasteiger partial charge < -0.3 is 4.90 Å². The molecule has 5 rings (SSSR count). The van der Waals surface area contributed by atoms with Crippen molar-refractivity contribution in [1.29, 1.82) is 0 Å². The SMILES string of the molecule is CSc1nc2c3c(sc2c2nnc(SCCN4CCCC4)n12)CCCC3. The smallest absolute Gasteiger partial charge is 0.197 e. The monoisotopic (exact) mass is 405 g/mol. The molecular formula is C18H23N5S3. The molecule has 0 atom stereocenters. The van der Waals surface area contributed by atoms with Gasteiger partial charge in [0.25, 0.3) is 0 Å². The van der Waals surface area contributed by atoms with E-state index in [4.69, 9.17) is 4.98 Å². The highest BCUT2D eigenvalue weighted by Gasteiger charge is 2.23. The Kier molecular flexibility index (Phi) is 4.85. The number of likely N-dealkylation sites (tertiary alicyclic amines) is 1. The van der Waals surface area contributed by atoms with E-state index in [1.807, 2.05) is 23.1 Å². The highest BCUT2D eigenvalue weighted by molar-refractivity contribution is 7.99. The summed E-state index contributed by atoms with van der Waals surface area (Å²) >= 11 is 5.41. The van der Waals surface area contributed by atoms with Gasteiger partial charge in [-0.2, -0.15) is 0 Å². The van der Waals surface area contributed by atoms with E-state index in [-0.39, 0.29) is 0 Å². The van der Waals surface area contributed by atoms with Crippen LogP contribution in [0.4, 0.5) is 0 Å². The Bertz CT molecular complexity index is 941. The molecule has 1 aliphatic heterocycles. The maximum absolute atomic E-state index is 5.05. The molecule has 0 spiro atoms. The number of hydrogen-bond acceptors (Lipinski definition) is 7. The standard InChI is InChI=1S/C18H23N5S3/c1-24-17-19-14-12-6-2-3-7-13(12)26-15(14)16-20-21-18(23(16)17)25-11-10-22-8-4-5-9-22/h2-11H2,1H3. The first-order valence-electron chi connectivity index (χ1n) is 9.43. The van der Waals surface area contributed by atoms with Gasteiger partial charge in [-0.05, 0) is 63.4 Å². The van der Waals surface area contributed by atoms with Crippen LogP contribution < -0.4 is 0 Å². The van der Waals surface area contributed by atoms with Gasteiger partial charge in [0.1, 0.15) is 0 Å². The van der Waals surface area contributed by atoms with E-state index in [1.54, 1.807) is 11.8 Å². The fourth-order valence-corrected chi connectivity index (χ4v) is 6.89. The normalized spacial score (nSPS) is 18.2. The number of nitrogens with zero attached hydrogens (tertiary/aromatic N) is 5. The number of aromatic nitrogens is 4. The molecule has 138 valence electrons. The zero-order valence-electron chi connectivity index (χ0n) is 15.0. The highest BCUT2D eigenvalue weighted by atomic mass is 32.2. The van der Waals surface area contributed by atoms with Crippen LogP contribution in [-0.4, -0.2) is 56.1 Å². The van der Waals surface area contributed by atoms with E-state index in [9.17, 15) is 0 Å². The van der Waals surface area contributed by atoms with Crippen LogP contribution in [-0.2, 0) is 12.8 Å². The summed E-state index contributed by atoms with van der Waals surface area (Å²) in [6, 6.07) is 0. The van der Waals surface area contributed by atoms with E-state index in [2.05, 4.69) is 25.8 Å². The number of aryl methyl sites for hydroxylation is 2. The molecule has 0 saturated carbocycles. The zero-order valence-corrected chi connectivity index (χ0v) is 17.5. The lowest BCUT2D eigenvalue weighted by atomic mass is 9.98. The minimum atomic E-state index is 0.990. The predicted octanol–water partition coefficient (Wildman–Crippen LogP) is 4.13. The minimum absolute atomic E-state index is 0.990. The predicted molar refractivity (Wildman–Crippen MR) is 111 cm³/mol. The third kappa shape index (κ3) is 2.95. The number of rotatable bonds is 5. The highest BCUT2D eigenvalue weighted by Crippen LogP contribution is 2.39. The second kappa shape index (κ2) is 7.30. The van der Waals surface area contributed by atoms with Crippen LogP contribution in [0.2, 0.25) is 0 Å². The van der Waals surface area contributed by atoms with Crippen LogP contribution in [0.5, 0.6) is 0 Å². The summed E-state index contributed by atoms with van der Waals surface area (Å²) in [5.74, 6) is 1.06. The third-order valence-electron chi connectivity index (χ3n) is 5.40. The molecule has 8 heteroatoms. The van der Waals surface area contributed by atoms with E-state index < -0.39 is 0 Å².